The molecule has 0 atom stereocenters. The molecule has 0 radical (unpaired) electrons. The molecular weight excluding hydrogens is 351 g/mol. The van der Waals surface area contributed by atoms with Crippen LogP contribution in [0.3, 0.4) is 0 Å². The summed E-state index contributed by atoms with van der Waals surface area (Å²) in [7, 11) is 0. The smallest absolute Gasteiger partial charge is 0.259 e. The molecule has 0 spiro atoms. The second kappa shape index (κ2) is 6.60. The predicted octanol–water partition coefficient (Wildman–Crippen LogP) is 2.72. The van der Waals surface area contributed by atoms with Crippen LogP contribution >= 0.6 is 0 Å². The Morgan fingerprint density at radius 1 is 1.22 bits per heavy atom. The molecule has 136 valence electrons. The summed E-state index contributed by atoms with van der Waals surface area (Å²) in [4.78, 5) is 16.6. The van der Waals surface area contributed by atoms with Crippen molar-refractivity contribution in [2.45, 2.75) is 20.3 Å². The zero-order valence-electron chi connectivity index (χ0n) is 14.6. The van der Waals surface area contributed by atoms with Crippen molar-refractivity contribution in [1.29, 1.82) is 0 Å². The molecule has 0 unspecified atom stereocenters. The van der Waals surface area contributed by atoms with E-state index in [0.29, 0.717) is 40.0 Å². The van der Waals surface area contributed by atoms with E-state index in [4.69, 9.17) is 4.52 Å². The molecule has 3 aromatic heterocycles. The van der Waals surface area contributed by atoms with Crippen LogP contribution in [0, 0.1) is 19.7 Å². The lowest BCUT2D eigenvalue weighted by Gasteiger charge is -2.08. The first kappa shape index (κ1) is 16.8. The Kier molecular flexibility index (Phi) is 4.11. The number of aryl methyl sites for hydroxylation is 2. The maximum atomic E-state index is 13.2. The van der Waals surface area contributed by atoms with E-state index in [9.17, 15) is 9.18 Å². The second-order valence-electron chi connectivity index (χ2n) is 6.09. The van der Waals surface area contributed by atoms with E-state index < -0.39 is 0 Å². The van der Waals surface area contributed by atoms with Crippen LogP contribution in [0.2, 0.25) is 0 Å². The average molecular weight is 366 g/mol. The van der Waals surface area contributed by atoms with Crippen LogP contribution in [0.5, 0.6) is 0 Å². The summed E-state index contributed by atoms with van der Waals surface area (Å²) in [6.45, 7) is 3.46. The minimum absolute atomic E-state index is 0.00426. The first-order valence-corrected chi connectivity index (χ1v) is 8.20. The third-order valence-electron chi connectivity index (χ3n) is 4.03. The molecular formula is C18H15FN6O2. The van der Waals surface area contributed by atoms with E-state index in [2.05, 4.69) is 25.7 Å². The van der Waals surface area contributed by atoms with E-state index in [0.717, 1.165) is 0 Å². The van der Waals surface area contributed by atoms with Crippen LogP contribution in [-0.2, 0) is 11.2 Å². The molecule has 1 amide bonds. The molecule has 4 aromatic rings. The van der Waals surface area contributed by atoms with E-state index in [1.165, 1.54) is 18.2 Å². The summed E-state index contributed by atoms with van der Waals surface area (Å²) in [6.07, 6.45) is 1.75. The second-order valence-corrected chi connectivity index (χ2v) is 6.09. The normalized spacial score (nSPS) is 11.1. The van der Waals surface area contributed by atoms with Gasteiger partial charge < -0.3 is 9.84 Å². The number of halogens is 1. The molecule has 9 heteroatoms. The molecule has 4 rings (SSSR count). The van der Waals surface area contributed by atoms with Gasteiger partial charge in [-0.3, -0.25) is 9.20 Å². The molecule has 0 aliphatic carbocycles. The van der Waals surface area contributed by atoms with Gasteiger partial charge in [0.25, 0.3) is 5.89 Å². The quantitative estimate of drug-likeness (QED) is 0.596. The van der Waals surface area contributed by atoms with Crippen LogP contribution in [0.25, 0.3) is 17.1 Å². The highest BCUT2D eigenvalue weighted by Crippen LogP contribution is 2.19. The molecule has 27 heavy (non-hydrogen) atoms. The minimum atomic E-state index is -0.349. The highest BCUT2D eigenvalue weighted by molar-refractivity contribution is 5.92. The third-order valence-corrected chi connectivity index (χ3v) is 4.03. The van der Waals surface area contributed by atoms with Gasteiger partial charge in [0, 0.05) is 11.9 Å². The number of amides is 1. The first-order valence-electron chi connectivity index (χ1n) is 8.20. The first-order chi connectivity index (χ1) is 13.0. The summed E-state index contributed by atoms with van der Waals surface area (Å²) >= 11 is 0. The summed E-state index contributed by atoms with van der Waals surface area (Å²) in [6, 6.07) is 7.74. The molecule has 1 aromatic carbocycles. The number of hydrogen-bond donors (Lipinski definition) is 1. The lowest BCUT2D eigenvalue weighted by atomic mass is 10.2. The fourth-order valence-electron chi connectivity index (χ4n) is 2.70. The topological polar surface area (TPSA) is 98.2 Å². The monoisotopic (exact) mass is 366 g/mol. The van der Waals surface area contributed by atoms with Gasteiger partial charge in [-0.2, -0.15) is 4.98 Å². The molecule has 0 saturated heterocycles. The van der Waals surface area contributed by atoms with Crippen molar-refractivity contribution in [3.05, 3.63) is 59.6 Å². The molecule has 0 saturated carbocycles. The van der Waals surface area contributed by atoms with Gasteiger partial charge in [-0.1, -0.05) is 5.16 Å². The standard InChI is InChI=1S/C18H15FN6O2/c1-10-7-13(19)4-5-14(10)21-17(26)8-16-23-22-15-6-3-12(9-25(15)16)18-20-11(2)24-27-18/h3-7,9H,8H2,1-2H3,(H,21,26). The van der Waals surface area contributed by atoms with Crippen LogP contribution in [0.4, 0.5) is 10.1 Å². The Bertz CT molecular complexity index is 1150. The molecule has 0 aliphatic heterocycles. The highest BCUT2D eigenvalue weighted by Gasteiger charge is 2.14. The van der Waals surface area contributed by atoms with Crippen molar-refractivity contribution < 1.29 is 13.7 Å². The number of pyridine rings is 1. The van der Waals surface area contributed by atoms with E-state index in [-0.39, 0.29) is 18.1 Å². The van der Waals surface area contributed by atoms with Crippen molar-refractivity contribution in [2.75, 3.05) is 5.32 Å². The Balaban J connectivity index is 1.58. The van der Waals surface area contributed by atoms with Crippen molar-refractivity contribution in [2.24, 2.45) is 0 Å². The number of carbonyl (C=O) groups is 1. The van der Waals surface area contributed by atoms with Crippen LogP contribution < -0.4 is 5.32 Å². The lowest BCUT2D eigenvalue weighted by molar-refractivity contribution is -0.115. The number of aromatic nitrogens is 5. The van der Waals surface area contributed by atoms with Gasteiger partial charge >= 0.3 is 0 Å². The largest absolute Gasteiger partial charge is 0.334 e. The molecule has 3 heterocycles. The zero-order valence-corrected chi connectivity index (χ0v) is 14.6. The maximum absolute atomic E-state index is 13.2. The van der Waals surface area contributed by atoms with Crippen molar-refractivity contribution in [1.82, 2.24) is 24.7 Å². The molecule has 0 fully saturated rings. The lowest BCUT2D eigenvalue weighted by Crippen LogP contribution is -2.17. The van der Waals surface area contributed by atoms with Crippen molar-refractivity contribution >= 4 is 17.2 Å². The van der Waals surface area contributed by atoms with Crippen molar-refractivity contribution in [3.63, 3.8) is 0 Å². The number of hydrogen-bond acceptors (Lipinski definition) is 6. The van der Waals surface area contributed by atoms with Gasteiger partial charge in [-0.25, -0.2) is 4.39 Å². The van der Waals surface area contributed by atoms with Gasteiger partial charge in [0.1, 0.15) is 11.6 Å². The Morgan fingerprint density at radius 3 is 2.81 bits per heavy atom. The van der Waals surface area contributed by atoms with Crippen molar-refractivity contribution in [3.8, 4) is 11.5 Å². The molecule has 0 bridgehead atoms. The molecule has 1 N–H and O–H groups in total. The van der Waals surface area contributed by atoms with E-state index in [1.807, 2.05) is 0 Å². The molecule has 8 nitrogen and oxygen atoms in total. The zero-order chi connectivity index (χ0) is 19.0. The van der Waals surface area contributed by atoms with Crippen LogP contribution in [0.15, 0.2) is 41.1 Å². The Morgan fingerprint density at radius 2 is 2.07 bits per heavy atom. The number of rotatable bonds is 4. The fourth-order valence-corrected chi connectivity index (χ4v) is 2.70. The summed E-state index contributed by atoms with van der Waals surface area (Å²) < 4.78 is 20.1. The average Bonchev–Trinajstić information content (AvgIpc) is 3.24. The van der Waals surface area contributed by atoms with E-state index >= 15 is 0 Å². The number of anilines is 1. The van der Waals surface area contributed by atoms with Gasteiger partial charge in [0.15, 0.2) is 11.5 Å². The molecule has 0 aliphatic rings. The van der Waals surface area contributed by atoms with Crippen LogP contribution in [0.1, 0.15) is 17.2 Å². The SMILES string of the molecule is Cc1noc(-c2ccc3nnc(CC(=O)Nc4ccc(F)cc4C)n3c2)n1. The fraction of sp³-hybridized carbons (Fsp3) is 0.167. The number of benzene rings is 1. The minimum Gasteiger partial charge on any atom is -0.334 e. The number of nitrogens with zero attached hydrogens (tertiary/aromatic N) is 5. The van der Waals surface area contributed by atoms with E-state index in [1.54, 1.807) is 36.6 Å². The van der Waals surface area contributed by atoms with Gasteiger partial charge in [0.05, 0.1) is 12.0 Å². The number of carbonyl (C=O) groups excluding carboxylic acids is 1. The Labute approximate surface area is 153 Å². The van der Waals surface area contributed by atoms with Gasteiger partial charge in [-0.15, -0.1) is 10.2 Å². The number of nitrogens with one attached hydrogen (secondary N) is 1. The Hall–Kier alpha value is -3.62. The predicted molar refractivity (Wildman–Crippen MR) is 94.5 cm³/mol. The summed E-state index contributed by atoms with van der Waals surface area (Å²) in [5.74, 6) is 0.736. The highest BCUT2D eigenvalue weighted by atomic mass is 19.1. The summed E-state index contributed by atoms with van der Waals surface area (Å²) in [5.41, 5.74) is 2.48. The maximum Gasteiger partial charge on any atom is 0.259 e. The summed E-state index contributed by atoms with van der Waals surface area (Å²) in [5, 5.41) is 14.7. The van der Waals surface area contributed by atoms with Gasteiger partial charge in [0.2, 0.25) is 5.91 Å². The number of fused-ring (bicyclic) bond motifs is 1. The van der Waals surface area contributed by atoms with Crippen LogP contribution in [-0.4, -0.2) is 30.6 Å². The van der Waals surface area contributed by atoms with Gasteiger partial charge in [-0.05, 0) is 49.7 Å². The third kappa shape index (κ3) is 3.39.